The Balaban J connectivity index is 2.65. The summed E-state index contributed by atoms with van der Waals surface area (Å²) in [5.41, 5.74) is 1.31. The molecule has 0 aliphatic carbocycles. The van der Waals surface area contributed by atoms with Gasteiger partial charge >= 0.3 is 0 Å². The number of aliphatic hydroxyl groups is 1. The molecule has 0 saturated heterocycles. The Morgan fingerprint density at radius 2 is 1.94 bits per heavy atom. The van der Waals surface area contributed by atoms with E-state index in [9.17, 15) is 0 Å². The quantitative estimate of drug-likeness (QED) is 0.774. The summed E-state index contributed by atoms with van der Waals surface area (Å²) >= 11 is 0. The van der Waals surface area contributed by atoms with Gasteiger partial charge in [-0.15, -0.1) is 0 Å². The molecule has 1 rings (SSSR count). The van der Waals surface area contributed by atoms with E-state index in [2.05, 4.69) is 50.4 Å². The summed E-state index contributed by atoms with van der Waals surface area (Å²) in [4.78, 5) is 0. The second-order valence-corrected chi connectivity index (χ2v) is 4.66. The third kappa shape index (κ3) is 3.62. The molecule has 0 aromatic heterocycles. The number of rotatable bonds is 6. The van der Waals surface area contributed by atoms with Gasteiger partial charge in [0.1, 0.15) is 0 Å². The monoisotopic (exact) mass is 221 g/mol. The van der Waals surface area contributed by atoms with Crippen LogP contribution in [0.15, 0.2) is 30.3 Å². The van der Waals surface area contributed by atoms with Crippen LogP contribution in [-0.4, -0.2) is 17.3 Å². The van der Waals surface area contributed by atoms with Crippen molar-refractivity contribution in [2.45, 2.75) is 45.2 Å². The van der Waals surface area contributed by atoms with Crippen LogP contribution in [0.2, 0.25) is 0 Å². The van der Waals surface area contributed by atoms with Crippen molar-refractivity contribution in [3.05, 3.63) is 35.9 Å². The van der Waals surface area contributed by atoms with E-state index in [0.717, 1.165) is 12.8 Å². The van der Waals surface area contributed by atoms with Gasteiger partial charge in [-0.2, -0.15) is 0 Å². The third-order valence-electron chi connectivity index (χ3n) is 3.31. The first-order valence-corrected chi connectivity index (χ1v) is 6.05. The highest BCUT2D eigenvalue weighted by atomic mass is 16.3. The van der Waals surface area contributed by atoms with E-state index in [1.54, 1.807) is 0 Å². The Morgan fingerprint density at radius 3 is 2.44 bits per heavy atom. The van der Waals surface area contributed by atoms with Gasteiger partial charge < -0.3 is 10.4 Å². The highest BCUT2D eigenvalue weighted by Crippen LogP contribution is 2.21. The standard InChI is InChI=1S/C14H23NO/c1-4-14(3,10-11-16)15-12(2)13-8-6-5-7-9-13/h5-9,12,15-16H,4,10-11H2,1-3H3. The van der Waals surface area contributed by atoms with E-state index in [1.807, 2.05) is 6.07 Å². The molecule has 0 aliphatic heterocycles. The average molecular weight is 221 g/mol. The topological polar surface area (TPSA) is 32.3 Å². The molecule has 0 spiro atoms. The molecule has 0 bridgehead atoms. The highest BCUT2D eigenvalue weighted by molar-refractivity contribution is 5.18. The van der Waals surface area contributed by atoms with Gasteiger partial charge in [0.2, 0.25) is 0 Å². The van der Waals surface area contributed by atoms with Crippen LogP contribution in [0.3, 0.4) is 0 Å². The van der Waals surface area contributed by atoms with E-state index in [0.29, 0.717) is 6.04 Å². The summed E-state index contributed by atoms with van der Waals surface area (Å²) in [6.45, 7) is 6.72. The predicted octanol–water partition coefficient (Wildman–Crippen LogP) is 2.89. The maximum atomic E-state index is 9.08. The Labute approximate surface area is 98.7 Å². The normalized spacial score (nSPS) is 16.8. The molecule has 2 nitrogen and oxygen atoms in total. The maximum absolute atomic E-state index is 9.08. The van der Waals surface area contributed by atoms with Crippen molar-refractivity contribution in [3.8, 4) is 0 Å². The lowest BCUT2D eigenvalue weighted by Crippen LogP contribution is -2.43. The zero-order valence-corrected chi connectivity index (χ0v) is 10.5. The second-order valence-electron chi connectivity index (χ2n) is 4.66. The Kier molecular flexibility index (Phi) is 4.97. The molecule has 2 N–H and O–H groups in total. The van der Waals surface area contributed by atoms with E-state index in [4.69, 9.17) is 5.11 Å². The molecular weight excluding hydrogens is 198 g/mol. The molecule has 1 aromatic rings. The van der Waals surface area contributed by atoms with Gasteiger partial charge in [-0.25, -0.2) is 0 Å². The minimum atomic E-state index is 0.0179. The average Bonchev–Trinajstić information content (AvgIpc) is 2.30. The van der Waals surface area contributed by atoms with Gasteiger partial charge in [0.15, 0.2) is 0 Å². The van der Waals surface area contributed by atoms with Crippen LogP contribution in [0.5, 0.6) is 0 Å². The van der Waals surface area contributed by atoms with Gasteiger partial charge in [0.25, 0.3) is 0 Å². The van der Waals surface area contributed by atoms with Crippen LogP contribution in [0.1, 0.15) is 45.2 Å². The third-order valence-corrected chi connectivity index (χ3v) is 3.31. The van der Waals surface area contributed by atoms with Crippen LogP contribution in [0.4, 0.5) is 0 Å². The summed E-state index contributed by atoms with van der Waals surface area (Å²) < 4.78 is 0. The largest absolute Gasteiger partial charge is 0.396 e. The zero-order chi connectivity index (χ0) is 12.0. The molecule has 0 amide bonds. The first-order chi connectivity index (χ1) is 7.61. The van der Waals surface area contributed by atoms with Gasteiger partial charge in [0, 0.05) is 18.2 Å². The molecule has 1 aromatic carbocycles. The number of benzene rings is 1. The van der Waals surface area contributed by atoms with Gasteiger partial charge in [-0.1, -0.05) is 37.3 Å². The molecule has 16 heavy (non-hydrogen) atoms. The van der Waals surface area contributed by atoms with Crippen LogP contribution in [-0.2, 0) is 0 Å². The van der Waals surface area contributed by atoms with Crippen molar-refractivity contribution >= 4 is 0 Å². The molecule has 0 heterocycles. The van der Waals surface area contributed by atoms with Crippen molar-refractivity contribution in [2.24, 2.45) is 0 Å². The molecule has 0 aliphatic rings. The fourth-order valence-corrected chi connectivity index (χ4v) is 1.95. The second kappa shape index (κ2) is 6.02. The van der Waals surface area contributed by atoms with Crippen LogP contribution < -0.4 is 5.32 Å². The number of hydrogen-bond acceptors (Lipinski definition) is 2. The first-order valence-electron chi connectivity index (χ1n) is 6.05. The molecule has 90 valence electrons. The van der Waals surface area contributed by atoms with Gasteiger partial charge in [-0.05, 0) is 32.3 Å². The Bertz CT molecular complexity index is 299. The maximum Gasteiger partial charge on any atom is 0.0448 e. The van der Waals surface area contributed by atoms with Gasteiger partial charge in [-0.3, -0.25) is 0 Å². The minimum Gasteiger partial charge on any atom is -0.396 e. The lowest BCUT2D eigenvalue weighted by Gasteiger charge is -2.33. The van der Waals surface area contributed by atoms with Crippen molar-refractivity contribution in [2.75, 3.05) is 6.61 Å². The van der Waals surface area contributed by atoms with E-state index < -0.39 is 0 Å². The smallest absolute Gasteiger partial charge is 0.0448 e. The number of hydrogen-bond donors (Lipinski definition) is 2. The summed E-state index contributed by atoms with van der Waals surface area (Å²) in [6, 6.07) is 10.7. The fourth-order valence-electron chi connectivity index (χ4n) is 1.95. The van der Waals surface area contributed by atoms with Crippen LogP contribution in [0, 0.1) is 0 Å². The van der Waals surface area contributed by atoms with Crippen molar-refractivity contribution in [3.63, 3.8) is 0 Å². The first kappa shape index (κ1) is 13.2. The Morgan fingerprint density at radius 1 is 1.31 bits per heavy atom. The van der Waals surface area contributed by atoms with Gasteiger partial charge in [0.05, 0.1) is 0 Å². The summed E-state index contributed by atoms with van der Waals surface area (Å²) in [7, 11) is 0. The summed E-state index contributed by atoms with van der Waals surface area (Å²) in [6.07, 6.45) is 1.81. The summed E-state index contributed by atoms with van der Waals surface area (Å²) in [5.74, 6) is 0. The van der Waals surface area contributed by atoms with Crippen LogP contribution in [0.25, 0.3) is 0 Å². The highest BCUT2D eigenvalue weighted by Gasteiger charge is 2.23. The molecule has 0 saturated carbocycles. The molecule has 2 heteroatoms. The van der Waals surface area contributed by atoms with E-state index in [1.165, 1.54) is 5.56 Å². The molecule has 2 atom stereocenters. The molecule has 0 radical (unpaired) electrons. The Hall–Kier alpha value is -0.860. The minimum absolute atomic E-state index is 0.0179. The van der Waals surface area contributed by atoms with Crippen molar-refractivity contribution in [1.82, 2.24) is 5.32 Å². The predicted molar refractivity (Wildman–Crippen MR) is 68.4 cm³/mol. The SMILES string of the molecule is CCC(C)(CCO)NC(C)c1ccccc1. The fraction of sp³-hybridized carbons (Fsp3) is 0.571. The number of aliphatic hydroxyl groups excluding tert-OH is 1. The molecular formula is C14H23NO. The van der Waals surface area contributed by atoms with E-state index in [-0.39, 0.29) is 12.1 Å². The molecule has 0 fully saturated rings. The zero-order valence-electron chi connectivity index (χ0n) is 10.5. The number of nitrogens with one attached hydrogen (secondary N) is 1. The van der Waals surface area contributed by atoms with Crippen LogP contribution >= 0.6 is 0 Å². The molecule has 2 unspecified atom stereocenters. The van der Waals surface area contributed by atoms with E-state index >= 15 is 0 Å². The lowest BCUT2D eigenvalue weighted by molar-refractivity contribution is 0.205. The summed E-state index contributed by atoms with van der Waals surface area (Å²) in [5, 5.41) is 12.7. The lowest BCUT2D eigenvalue weighted by atomic mass is 9.92. The van der Waals surface area contributed by atoms with Crippen molar-refractivity contribution in [1.29, 1.82) is 0 Å². The van der Waals surface area contributed by atoms with Crippen molar-refractivity contribution < 1.29 is 5.11 Å².